The summed E-state index contributed by atoms with van der Waals surface area (Å²) >= 11 is 0. The summed E-state index contributed by atoms with van der Waals surface area (Å²) in [5, 5.41) is 11.9. The molecule has 2 N–H and O–H groups in total. The van der Waals surface area contributed by atoms with Gasteiger partial charge < -0.3 is 19.2 Å². The van der Waals surface area contributed by atoms with E-state index in [9.17, 15) is 4.79 Å². The molecule has 1 fully saturated rings. The monoisotopic (exact) mass is 402 g/mol. The molecule has 1 rings (SSSR count). The van der Waals surface area contributed by atoms with Gasteiger partial charge in [-0.05, 0) is 64.7 Å². The molecule has 0 aliphatic carbocycles. The summed E-state index contributed by atoms with van der Waals surface area (Å²) in [4.78, 5) is 14.5. The molecule has 1 heterocycles. The first-order valence-electron chi connectivity index (χ1n) is 9.76. The Hall–Kier alpha value is -0.568. The quantitative estimate of drug-likeness (QED) is 0.389. The average molecular weight is 402 g/mol. The van der Waals surface area contributed by atoms with Gasteiger partial charge in [0.15, 0.2) is 8.32 Å². The van der Waals surface area contributed by atoms with Gasteiger partial charge >= 0.3 is 6.09 Å². The summed E-state index contributed by atoms with van der Waals surface area (Å²) in [6.07, 6.45) is 2.45. The minimum Gasteiger partial charge on any atom is -0.444 e. The van der Waals surface area contributed by atoms with Crippen LogP contribution in [0.1, 0.15) is 60.8 Å². The average Bonchev–Trinajstić information content (AvgIpc) is 2.83. The van der Waals surface area contributed by atoms with Crippen molar-refractivity contribution in [2.24, 2.45) is 0 Å². The fraction of sp³-hybridized carbons (Fsp3) is 0.947. The number of nitrogens with zero attached hydrogens (tertiary/aromatic N) is 1. The van der Waals surface area contributed by atoms with E-state index < -0.39 is 13.9 Å². The number of aliphatic hydroxyl groups is 1. The number of carbonyl (C=O) groups excluding carboxylic acids is 1. The number of hydrogen-bond donors (Lipinski definition) is 2. The van der Waals surface area contributed by atoms with Gasteiger partial charge in [-0.15, -0.1) is 0 Å². The Balaban J connectivity index is 0.00000676. The van der Waals surface area contributed by atoms with Gasteiger partial charge in [0, 0.05) is 12.6 Å². The molecule has 1 aliphatic rings. The van der Waals surface area contributed by atoms with Crippen LogP contribution >= 0.6 is 0 Å². The minimum atomic E-state index is -1.88. The van der Waals surface area contributed by atoms with E-state index in [0.717, 1.165) is 25.8 Å². The number of likely N-dealkylation sites (tertiary alicyclic amines) is 1. The van der Waals surface area contributed by atoms with Gasteiger partial charge in [0.05, 0.1) is 21.2 Å². The molecule has 0 unspecified atom stereocenters. The highest BCUT2D eigenvalue weighted by atomic mass is 28.4. The second-order valence-electron chi connectivity index (χ2n) is 9.82. The van der Waals surface area contributed by atoms with E-state index >= 15 is 0 Å². The molecule has 0 saturated carbocycles. The van der Waals surface area contributed by atoms with E-state index in [1.807, 2.05) is 25.7 Å². The molecule has 1 saturated heterocycles. The Kier molecular flexibility index (Phi) is 10.1. The third-order valence-electron chi connectivity index (χ3n) is 5.27. The van der Waals surface area contributed by atoms with Crippen LogP contribution in [0.25, 0.3) is 0 Å². The minimum absolute atomic E-state index is 0. The first kappa shape index (κ1) is 26.4. The van der Waals surface area contributed by atoms with Crippen molar-refractivity contribution in [3.05, 3.63) is 0 Å². The largest absolute Gasteiger partial charge is 0.444 e. The van der Waals surface area contributed by atoms with Crippen molar-refractivity contribution in [1.82, 2.24) is 10.2 Å². The number of aliphatic hydroxyl groups excluding tert-OH is 1. The number of hydrogen-bond acceptors (Lipinski definition) is 5. The summed E-state index contributed by atoms with van der Waals surface area (Å²) in [6.45, 7) is 18.2. The van der Waals surface area contributed by atoms with Crippen LogP contribution in [0.2, 0.25) is 18.1 Å². The maximum atomic E-state index is 12.7. The molecule has 6 nitrogen and oxygen atoms in total. The topological polar surface area (TPSA) is 71.0 Å². The Morgan fingerprint density at radius 1 is 1.22 bits per heavy atom. The molecule has 0 bridgehead atoms. The highest BCUT2D eigenvalue weighted by molar-refractivity contribution is 6.74. The van der Waals surface area contributed by atoms with Gasteiger partial charge in [-0.2, -0.15) is 0 Å². The Morgan fingerprint density at radius 2 is 1.81 bits per heavy atom. The molecular formula is C19H43BN2O4Si. The van der Waals surface area contributed by atoms with Crippen LogP contribution in [-0.4, -0.2) is 70.4 Å². The predicted molar refractivity (Wildman–Crippen MR) is 118 cm³/mol. The fourth-order valence-corrected chi connectivity index (χ4v) is 4.27. The van der Waals surface area contributed by atoms with Crippen molar-refractivity contribution in [3.63, 3.8) is 0 Å². The van der Waals surface area contributed by atoms with Gasteiger partial charge in [-0.25, -0.2) is 4.79 Å². The Bertz CT molecular complexity index is 464. The van der Waals surface area contributed by atoms with Crippen LogP contribution in [0.3, 0.4) is 0 Å². The van der Waals surface area contributed by atoms with Gasteiger partial charge in [-0.1, -0.05) is 20.8 Å². The zero-order valence-corrected chi connectivity index (χ0v) is 19.0. The van der Waals surface area contributed by atoms with Crippen LogP contribution in [0, 0.1) is 0 Å². The van der Waals surface area contributed by atoms with E-state index in [1.165, 1.54) is 0 Å². The number of nitrogens with one attached hydrogen (secondary N) is 1. The third-order valence-corrected chi connectivity index (χ3v) is 9.81. The smallest absolute Gasteiger partial charge is 0.410 e. The highest BCUT2D eigenvalue weighted by Crippen LogP contribution is 2.39. The Labute approximate surface area is 169 Å². The zero-order chi connectivity index (χ0) is 20.2. The number of amides is 1. The lowest BCUT2D eigenvalue weighted by Crippen LogP contribution is -2.45. The van der Waals surface area contributed by atoms with Crippen molar-refractivity contribution in [1.29, 1.82) is 0 Å². The van der Waals surface area contributed by atoms with E-state index in [-0.39, 0.29) is 38.4 Å². The van der Waals surface area contributed by atoms with Gasteiger partial charge in [0.25, 0.3) is 0 Å². The SMILES string of the molecule is B.CC(C)(C)OC(=O)N1C[C@H](O[Si](C)(C)C(C)(C)C)C[C@@H]1CCCNCO. The van der Waals surface area contributed by atoms with Crippen LogP contribution in [0.15, 0.2) is 0 Å². The van der Waals surface area contributed by atoms with Gasteiger partial charge in [0.1, 0.15) is 5.60 Å². The van der Waals surface area contributed by atoms with Gasteiger partial charge in [-0.3, -0.25) is 5.32 Å². The fourth-order valence-electron chi connectivity index (χ4n) is 2.91. The molecule has 1 aliphatic heterocycles. The van der Waals surface area contributed by atoms with Gasteiger partial charge in [0.2, 0.25) is 0 Å². The van der Waals surface area contributed by atoms with Crippen LogP contribution < -0.4 is 5.32 Å². The van der Waals surface area contributed by atoms with Crippen molar-refractivity contribution >= 4 is 22.8 Å². The second kappa shape index (κ2) is 10.3. The second-order valence-corrected chi connectivity index (χ2v) is 14.6. The summed E-state index contributed by atoms with van der Waals surface area (Å²) in [6, 6.07) is 0.125. The molecule has 0 aromatic carbocycles. The lowest BCUT2D eigenvalue weighted by molar-refractivity contribution is 0.0203. The molecule has 160 valence electrons. The standard InChI is InChI=1S/C19H40N2O4Si.BH3/c1-18(2,3)24-17(23)21-13-16(25-26(7,8)19(4,5)6)12-15(21)10-9-11-20-14-22;/h15-16,20,22H,9-14H2,1-8H3;1H3/t15-,16+;/m0./s1. The first-order chi connectivity index (χ1) is 11.8. The van der Waals surface area contributed by atoms with Crippen LogP contribution in [0.4, 0.5) is 4.79 Å². The summed E-state index contributed by atoms with van der Waals surface area (Å²) < 4.78 is 12.2. The Morgan fingerprint density at radius 3 is 2.30 bits per heavy atom. The molecule has 8 heteroatoms. The normalized spacial score (nSPS) is 21.1. The lowest BCUT2D eigenvalue weighted by Gasteiger charge is -2.38. The van der Waals surface area contributed by atoms with Crippen molar-refractivity contribution in [2.45, 2.75) is 96.7 Å². The van der Waals surface area contributed by atoms with E-state index in [2.05, 4.69) is 39.2 Å². The highest BCUT2D eigenvalue weighted by Gasteiger charge is 2.44. The van der Waals surface area contributed by atoms with Crippen molar-refractivity contribution < 1.29 is 19.1 Å². The van der Waals surface area contributed by atoms with Crippen molar-refractivity contribution in [2.75, 3.05) is 19.8 Å². The lowest BCUT2D eigenvalue weighted by atomic mass is 10.1. The molecule has 0 aromatic heterocycles. The maximum Gasteiger partial charge on any atom is 0.410 e. The van der Waals surface area contributed by atoms with E-state index in [0.29, 0.717) is 6.54 Å². The number of carbonyl (C=O) groups is 1. The van der Waals surface area contributed by atoms with Crippen LogP contribution in [0.5, 0.6) is 0 Å². The van der Waals surface area contributed by atoms with E-state index in [1.54, 1.807) is 0 Å². The number of ether oxygens (including phenoxy) is 1. The van der Waals surface area contributed by atoms with Crippen LogP contribution in [-0.2, 0) is 9.16 Å². The molecule has 1 amide bonds. The summed E-state index contributed by atoms with van der Waals surface area (Å²) in [5.74, 6) is 0. The molecule has 0 aromatic rings. The molecule has 0 radical (unpaired) electrons. The third kappa shape index (κ3) is 8.54. The van der Waals surface area contributed by atoms with E-state index in [4.69, 9.17) is 14.3 Å². The molecular weight excluding hydrogens is 359 g/mol. The first-order valence-corrected chi connectivity index (χ1v) is 12.7. The molecule has 27 heavy (non-hydrogen) atoms. The zero-order valence-electron chi connectivity index (χ0n) is 18.0. The number of rotatable bonds is 7. The predicted octanol–water partition coefficient (Wildman–Crippen LogP) is 2.52. The molecule has 2 atom stereocenters. The molecule has 0 spiro atoms. The summed E-state index contributed by atoms with van der Waals surface area (Å²) in [7, 11) is -1.88. The summed E-state index contributed by atoms with van der Waals surface area (Å²) in [5.41, 5.74) is -0.502. The van der Waals surface area contributed by atoms with Crippen molar-refractivity contribution in [3.8, 4) is 0 Å². The maximum absolute atomic E-state index is 12.7.